The summed E-state index contributed by atoms with van der Waals surface area (Å²) in [5.41, 5.74) is 3.50. The molecular weight excluding hydrogens is 426 g/mol. The number of carbonyl (C=O) groups is 1. The number of piperidine rings is 1. The van der Waals surface area contributed by atoms with Gasteiger partial charge in [0.2, 0.25) is 5.88 Å². The molecule has 0 radical (unpaired) electrons. The quantitative estimate of drug-likeness (QED) is 0.409. The minimum absolute atomic E-state index is 0.00113. The van der Waals surface area contributed by atoms with Crippen molar-refractivity contribution in [3.05, 3.63) is 72.4 Å². The smallest absolute Gasteiger partial charge is 0.214 e. The number of benzene rings is 1. The largest absolute Gasteiger partial charge is 0.474 e. The van der Waals surface area contributed by atoms with Gasteiger partial charge in [0.05, 0.1) is 12.6 Å². The van der Waals surface area contributed by atoms with Crippen molar-refractivity contribution in [2.45, 2.75) is 45.3 Å². The van der Waals surface area contributed by atoms with Crippen molar-refractivity contribution in [2.24, 2.45) is 0 Å². The van der Waals surface area contributed by atoms with Gasteiger partial charge in [0.15, 0.2) is 5.78 Å². The fraction of sp³-hybridized carbons (Fsp3) is 0.333. The molecule has 7 nitrogen and oxygen atoms in total. The first-order chi connectivity index (χ1) is 16.5. The van der Waals surface area contributed by atoms with E-state index in [1.165, 1.54) is 0 Å². The van der Waals surface area contributed by atoms with Crippen LogP contribution in [0.2, 0.25) is 0 Å². The van der Waals surface area contributed by atoms with E-state index in [0.717, 1.165) is 53.5 Å². The molecular formula is C27H29N5O2. The number of ether oxygens (including phenoxy) is 1. The maximum atomic E-state index is 13.0. The Morgan fingerprint density at radius 1 is 1.06 bits per heavy atom. The lowest BCUT2D eigenvalue weighted by Crippen LogP contribution is -2.34. The lowest BCUT2D eigenvalue weighted by atomic mass is 10.0. The van der Waals surface area contributed by atoms with Crippen LogP contribution in [0.1, 0.15) is 48.8 Å². The number of Topliss-reactive ketones (excluding diaryl/α,β-unsaturated/α-hetero) is 1. The monoisotopic (exact) mass is 455 g/mol. The van der Waals surface area contributed by atoms with Crippen molar-refractivity contribution in [3.8, 4) is 17.0 Å². The molecule has 0 spiro atoms. The second-order valence-corrected chi connectivity index (χ2v) is 9.09. The van der Waals surface area contributed by atoms with Gasteiger partial charge in [-0.2, -0.15) is 5.10 Å². The van der Waals surface area contributed by atoms with Crippen LogP contribution in [0.3, 0.4) is 0 Å². The van der Waals surface area contributed by atoms with E-state index in [1.54, 1.807) is 18.3 Å². The van der Waals surface area contributed by atoms with E-state index >= 15 is 0 Å². The Morgan fingerprint density at radius 3 is 2.71 bits per heavy atom. The number of aromatic nitrogens is 4. The molecule has 0 aliphatic carbocycles. The average molecular weight is 456 g/mol. The van der Waals surface area contributed by atoms with E-state index in [1.807, 2.05) is 23.1 Å². The molecule has 34 heavy (non-hydrogen) atoms. The molecule has 3 aromatic heterocycles. The fourth-order valence-electron chi connectivity index (χ4n) is 4.23. The second kappa shape index (κ2) is 9.73. The summed E-state index contributed by atoms with van der Waals surface area (Å²) in [6, 6.07) is 12.1. The molecule has 1 aliphatic heterocycles. The summed E-state index contributed by atoms with van der Waals surface area (Å²) in [4.78, 5) is 21.8. The van der Waals surface area contributed by atoms with Gasteiger partial charge >= 0.3 is 0 Å². The van der Waals surface area contributed by atoms with Gasteiger partial charge in [0.25, 0.3) is 0 Å². The van der Waals surface area contributed by atoms with Crippen LogP contribution in [0.5, 0.6) is 5.88 Å². The van der Waals surface area contributed by atoms with Crippen molar-refractivity contribution in [1.82, 2.24) is 25.1 Å². The van der Waals surface area contributed by atoms with Gasteiger partial charge in [0.1, 0.15) is 6.10 Å². The van der Waals surface area contributed by atoms with Crippen molar-refractivity contribution < 1.29 is 9.53 Å². The van der Waals surface area contributed by atoms with E-state index in [2.05, 4.69) is 58.6 Å². The Bertz CT molecular complexity index is 1310. The molecule has 174 valence electrons. The molecule has 0 saturated carbocycles. The molecule has 7 heteroatoms. The van der Waals surface area contributed by atoms with Gasteiger partial charge in [0, 0.05) is 52.9 Å². The highest BCUT2D eigenvalue weighted by Gasteiger charge is 2.16. The zero-order chi connectivity index (χ0) is 23.5. The summed E-state index contributed by atoms with van der Waals surface area (Å²) in [5.74, 6) is 0.509. The second-order valence-electron chi connectivity index (χ2n) is 9.09. The highest BCUT2D eigenvalue weighted by atomic mass is 16.5. The summed E-state index contributed by atoms with van der Waals surface area (Å²) < 4.78 is 7.95. The van der Waals surface area contributed by atoms with Crippen LogP contribution in [0.15, 0.2) is 61.2 Å². The summed E-state index contributed by atoms with van der Waals surface area (Å²) in [7, 11) is 0. The van der Waals surface area contributed by atoms with Gasteiger partial charge in [-0.05, 0) is 68.9 Å². The Balaban J connectivity index is 1.33. The Labute approximate surface area is 199 Å². The van der Waals surface area contributed by atoms with E-state index in [9.17, 15) is 4.79 Å². The predicted molar refractivity (Wildman–Crippen MR) is 132 cm³/mol. The molecule has 4 aromatic rings. The van der Waals surface area contributed by atoms with Crippen LogP contribution in [0.25, 0.3) is 21.9 Å². The van der Waals surface area contributed by atoms with E-state index in [-0.39, 0.29) is 18.3 Å². The predicted octanol–water partition coefficient (Wildman–Crippen LogP) is 4.63. The van der Waals surface area contributed by atoms with Crippen molar-refractivity contribution in [1.29, 1.82) is 0 Å². The van der Waals surface area contributed by atoms with Gasteiger partial charge in [-0.1, -0.05) is 12.1 Å². The maximum absolute atomic E-state index is 13.0. The highest BCUT2D eigenvalue weighted by Crippen LogP contribution is 2.25. The van der Waals surface area contributed by atoms with Crippen LogP contribution in [-0.4, -0.2) is 44.7 Å². The first-order valence-electron chi connectivity index (χ1n) is 11.8. The normalized spacial score (nSPS) is 14.6. The summed E-state index contributed by atoms with van der Waals surface area (Å²) in [6.07, 6.45) is 9.68. The lowest BCUT2D eigenvalue weighted by molar-refractivity contribution is 0.0990. The first kappa shape index (κ1) is 22.2. The van der Waals surface area contributed by atoms with Crippen molar-refractivity contribution >= 4 is 16.6 Å². The highest BCUT2D eigenvalue weighted by molar-refractivity contribution is 5.98. The molecule has 1 N–H and O–H groups in total. The van der Waals surface area contributed by atoms with E-state index in [4.69, 9.17) is 4.74 Å². The van der Waals surface area contributed by atoms with Crippen LogP contribution in [0, 0.1) is 0 Å². The molecule has 1 aliphatic rings. The number of nitrogens with one attached hydrogen (secondary N) is 1. The zero-order valence-electron chi connectivity index (χ0n) is 19.6. The number of nitrogens with zero attached hydrogens (tertiary/aromatic N) is 4. The molecule has 5 rings (SSSR count). The molecule has 0 bridgehead atoms. The third kappa shape index (κ3) is 4.99. The Hall–Kier alpha value is -3.58. The van der Waals surface area contributed by atoms with Crippen LogP contribution >= 0.6 is 0 Å². The third-order valence-electron chi connectivity index (χ3n) is 6.21. The fourth-order valence-corrected chi connectivity index (χ4v) is 4.23. The number of ketones is 1. The van der Waals surface area contributed by atoms with Gasteiger partial charge in [-0.3, -0.25) is 14.5 Å². The molecule has 1 aromatic carbocycles. The topological polar surface area (TPSA) is 81.9 Å². The minimum atomic E-state index is -0.00113. The van der Waals surface area contributed by atoms with E-state index in [0.29, 0.717) is 17.5 Å². The number of fused-ring (bicyclic) bond motifs is 1. The summed E-state index contributed by atoms with van der Waals surface area (Å²) in [5, 5.41) is 9.86. The standard InChI is InChI=1S/C27H29N5O2/c1-18(2)32-17-23(16-31-32)19-3-4-21-15-30-24(12-22(21)11-19)14-26(33)20-5-10-29-27(13-20)34-25-6-8-28-9-7-25/h3-5,10-13,15-18,25,28H,6-9,14H2,1-2H3. The van der Waals surface area contributed by atoms with Crippen molar-refractivity contribution in [3.63, 3.8) is 0 Å². The number of rotatable bonds is 7. The molecule has 4 heterocycles. The maximum Gasteiger partial charge on any atom is 0.214 e. The Morgan fingerprint density at radius 2 is 1.91 bits per heavy atom. The summed E-state index contributed by atoms with van der Waals surface area (Å²) >= 11 is 0. The number of carbonyl (C=O) groups excluding carboxylic acids is 1. The van der Waals surface area contributed by atoms with E-state index < -0.39 is 0 Å². The minimum Gasteiger partial charge on any atom is -0.474 e. The molecule has 0 atom stereocenters. The SMILES string of the molecule is CC(C)n1cc(-c2ccc3cnc(CC(=O)c4ccnc(OC5CCNCC5)c4)cc3c2)cn1. The molecule has 0 amide bonds. The molecule has 0 unspecified atom stereocenters. The van der Waals surface area contributed by atoms with Gasteiger partial charge in [-0.25, -0.2) is 4.98 Å². The van der Waals surface area contributed by atoms with Gasteiger partial charge in [-0.15, -0.1) is 0 Å². The first-order valence-corrected chi connectivity index (χ1v) is 11.8. The Kier molecular flexibility index (Phi) is 6.36. The number of hydrogen-bond acceptors (Lipinski definition) is 6. The van der Waals surface area contributed by atoms with Crippen LogP contribution in [0.4, 0.5) is 0 Å². The van der Waals surface area contributed by atoms with Crippen LogP contribution < -0.4 is 10.1 Å². The lowest BCUT2D eigenvalue weighted by Gasteiger charge is -2.23. The average Bonchev–Trinajstić information content (AvgIpc) is 3.35. The van der Waals surface area contributed by atoms with Crippen LogP contribution in [-0.2, 0) is 6.42 Å². The molecule has 1 fully saturated rings. The van der Waals surface area contributed by atoms with Gasteiger partial charge < -0.3 is 10.1 Å². The zero-order valence-corrected chi connectivity index (χ0v) is 19.6. The third-order valence-corrected chi connectivity index (χ3v) is 6.21. The summed E-state index contributed by atoms with van der Waals surface area (Å²) in [6.45, 7) is 6.10. The molecule has 1 saturated heterocycles. The van der Waals surface area contributed by atoms with Crippen molar-refractivity contribution in [2.75, 3.05) is 13.1 Å². The number of pyridine rings is 2. The number of hydrogen-bond donors (Lipinski definition) is 1.